The molecule has 78 valence electrons. The molecule has 5 nitrogen and oxygen atoms in total. The van der Waals surface area contributed by atoms with Crippen LogP contribution in [0.4, 0.5) is 0 Å². The molecule has 0 fully saturated rings. The molecule has 2 heterocycles. The van der Waals surface area contributed by atoms with Gasteiger partial charge in [0.2, 0.25) is 0 Å². The molecule has 0 unspecified atom stereocenters. The van der Waals surface area contributed by atoms with E-state index in [-0.39, 0.29) is 5.91 Å². The maximum atomic E-state index is 11.5. The summed E-state index contributed by atoms with van der Waals surface area (Å²) in [6.45, 7) is 0.357. The molecule has 0 bridgehead atoms. The van der Waals surface area contributed by atoms with Gasteiger partial charge in [-0.25, -0.2) is 0 Å². The van der Waals surface area contributed by atoms with Crippen molar-refractivity contribution in [2.75, 3.05) is 0 Å². The molecule has 0 radical (unpaired) electrons. The number of carbonyl (C=O) groups excluding carboxylic acids is 1. The van der Waals surface area contributed by atoms with Gasteiger partial charge in [-0.05, 0) is 28.1 Å². The molecule has 0 aliphatic rings. The maximum Gasteiger partial charge on any atom is 0.254 e. The molecule has 0 aliphatic carbocycles. The Bertz CT molecular complexity index is 450. The topological polar surface area (TPSA) is 70.9 Å². The normalized spacial score (nSPS) is 10.2. The van der Waals surface area contributed by atoms with Crippen LogP contribution in [0.15, 0.2) is 33.6 Å². The van der Waals surface area contributed by atoms with Crippen LogP contribution < -0.4 is 5.32 Å². The van der Waals surface area contributed by atoms with Crippen molar-refractivity contribution in [2.24, 2.45) is 0 Å². The second-order valence-corrected chi connectivity index (χ2v) is 3.66. The monoisotopic (exact) mass is 269 g/mol. The standard InChI is InChI=1S/C9H8BrN3O2/c10-8-2-1-7(15-8)5-11-9(14)6-3-12-13-4-6/h1-4H,5H2,(H,11,14)(H,12,13). The average Bonchev–Trinajstić information content (AvgIpc) is 2.84. The maximum absolute atomic E-state index is 11.5. The molecule has 2 aromatic heterocycles. The van der Waals surface area contributed by atoms with Crippen molar-refractivity contribution in [1.29, 1.82) is 0 Å². The van der Waals surface area contributed by atoms with Crippen LogP contribution in [0, 0.1) is 0 Å². The molecule has 0 aromatic carbocycles. The summed E-state index contributed by atoms with van der Waals surface area (Å²) >= 11 is 3.18. The smallest absolute Gasteiger partial charge is 0.254 e. The van der Waals surface area contributed by atoms with Gasteiger partial charge >= 0.3 is 0 Å². The minimum Gasteiger partial charge on any atom is -0.452 e. The lowest BCUT2D eigenvalue weighted by atomic mass is 10.3. The van der Waals surface area contributed by atoms with Gasteiger partial charge in [0.05, 0.1) is 18.3 Å². The fraction of sp³-hybridized carbons (Fsp3) is 0.111. The van der Waals surface area contributed by atoms with Crippen LogP contribution in [0.2, 0.25) is 0 Å². The molecule has 0 atom stereocenters. The van der Waals surface area contributed by atoms with E-state index in [1.807, 2.05) is 0 Å². The van der Waals surface area contributed by atoms with Crippen molar-refractivity contribution >= 4 is 21.8 Å². The second kappa shape index (κ2) is 4.31. The lowest BCUT2D eigenvalue weighted by Gasteiger charge is -1.99. The third kappa shape index (κ3) is 2.47. The number of halogens is 1. The zero-order chi connectivity index (χ0) is 10.7. The van der Waals surface area contributed by atoms with E-state index in [2.05, 4.69) is 31.4 Å². The quantitative estimate of drug-likeness (QED) is 0.891. The van der Waals surface area contributed by atoms with Gasteiger partial charge in [0, 0.05) is 6.20 Å². The van der Waals surface area contributed by atoms with Crippen molar-refractivity contribution in [2.45, 2.75) is 6.54 Å². The number of hydrogen-bond donors (Lipinski definition) is 2. The van der Waals surface area contributed by atoms with E-state index >= 15 is 0 Å². The van der Waals surface area contributed by atoms with E-state index in [4.69, 9.17) is 4.42 Å². The number of nitrogens with one attached hydrogen (secondary N) is 2. The number of nitrogens with zero attached hydrogens (tertiary/aromatic N) is 1. The van der Waals surface area contributed by atoms with Gasteiger partial charge in [0.15, 0.2) is 4.67 Å². The highest BCUT2D eigenvalue weighted by molar-refractivity contribution is 9.10. The highest BCUT2D eigenvalue weighted by Gasteiger charge is 2.07. The van der Waals surface area contributed by atoms with Crippen LogP contribution >= 0.6 is 15.9 Å². The molecule has 0 saturated heterocycles. The summed E-state index contributed by atoms with van der Waals surface area (Å²) in [4.78, 5) is 11.5. The lowest BCUT2D eigenvalue weighted by molar-refractivity contribution is 0.0948. The van der Waals surface area contributed by atoms with Crippen molar-refractivity contribution in [1.82, 2.24) is 15.5 Å². The number of furan rings is 1. The number of H-pyrrole nitrogens is 1. The predicted octanol–water partition coefficient (Wildman–Crippen LogP) is 1.70. The molecular formula is C9H8BrN3O2. The average molecular weight is 270 g/mol. The molecule has 0 aliphatic heterocycles. The zero-order valence-corrected chi connectivity index (χ0v) is 9.24. The molecule has 15 heavy (non-hydrogen) atoms. The first-order valence-corrected chi connectivity index (χ1v) is 5.06. The summed E-state index contributed by atoms with van der Waals surface area (Å²) < 4.78 is 5.88. The molecule has 2 aromatic rings. The van der Waals surface area contributed by atoms with Crippen LogP contribution in [0.25, 0.3) is 0 Å². The first-order valence-electron chi connectivity index (χ1n) is 4.27. The van der Waals surface area contributed by atoms with Crippen molar-refractivity contribution in [3.63, 3.8) is 0 Å². The van der Waals surface area contributed by atoms with Crippen LogP contribution in [-0.4, -0.2) is 16.1 Å². The Balaban J connectivity index is 1.91. The Morgan fingerprint density at radius 3 is 3.07 bits per heavy atom. The summed E-state index contributed by atoms with van der Waals surface area (Å²) in [6.07, 6.45) is 3.00. The van der Waals surface area contributed by atoms with Gasteiger partial charge in [-0.2, -0.15) is 5.10 Å². The van der Waals surface area contributed by atoms with Crippen LogP contribution in [-0.2, 0) is 6.54 Å². The van der Waals surface area contributed by atoms with E-state index in [1.54, 1.807) is 12.1 Å². The number of rotatable bonds is 3. The number of carbonyl (C=O) groups is 1. The van der Waals surface area contributed by atoms with E-state index in [1.165, 1.54) is 12.4 Å². The summed E-state index contributed by atoms with van der Waals surface area (Å²) in [6, 6.07) is 3.57. The van der Waals surface area contributed by atoms with Crippen LogP contribution in [0.1, 0.15) is 16.1 Å². The molecule has 2 N–H and O–H groups in total. The van der Waals surface area contributed by atoms with Crippen molar-refractivity contribution in [3.05, 3.63) is 40.5 Å². The molecule has 1 amide bonds. The summed E-state index contributed by atoms with van der Waals surface area (Å²) in [5, 5.41) is 8.96. The summed E-state index contributed by atoms with van der Waals surface area (Å²) in [5.74, 6) is 0.509. The third-order valence-electron chi connectivity index (χ3n) is 1.81. The van der Waals surface area contributed by atoms with E-state index in [0.717, 1.165) is 0 Å². The lowest BCUT2D eigenvalue weighted by Crippen LogP contribution is -2.21. The zero-order valence-electron chi connectivity index (χ0n) is 7.66. The largest absolute Gasteiger partial charge is 0.452 e. The van der Waals surface area contributed by atoms with E-state index in [9.17, 15) is 4.79 Å². The second-order valence-electron chi connectivity index (χ2n) is 2.88. The summed E-state index contributed by atoms with van der Waals surface area (Å²) in [5.41, 5.74) is 0.501. The van der Waals surface area contributed by atoms with Crippen molar-refractivity contribution < 1.29 is 9.21 Å². The first kappa shape index (κ1) is 9.97. The summed E-state index contributed by atoms with van der Waals surface area (Å²) in [7, 11) is 0. The van der Waals surface area contributed by atoms with E-state index < -0.39 is 0 Å². The van der Waals surface area contributed by atoms with Gasteiger partial charge in [-0.1, -0.05) is 0 Å². The minimum absolute atomic E-state index is 0.184. The Morgan fingerprint density at radius 2 is 2.47 bits per heavy atom. The number of aromatic nitrogens is 2. The SMILES string of the molecule is O=C(NCc1ccc(Br)o1)c1cn[nH]c1. The molecular weight excluding hydrogens is 262 g/mol. The third-order valence-corrected chi connectivity index (χ3v) is 2.24. The van der Waals surface area contributed by atoms with Crippen LogP contribution in [0.3, 0.4) is 0 Å². The molecule has 0 saturated carbocycles. The fourth-order valence-electron chi connectivity index (χ4n) is 1.09. The number of hydrogen-bond acceptors (Lipinski definition) is 3. The van der Waals surface area contributed by atoms with Gasteiger partial charge < -0.3 is 9.73 Å². The highest BCUT2D eigenvalue weighted by atomic mass is 79.9. The Kier molecular flexibility index (Phi) is 2.86. The van der Waals surface area contributed by atoms with Gasteiger partial charge in [-0.3, -0.25) is 9.89 Å². The minimum atomic E-state index is -0.184. The van der Waals surface area contributed by atoms with Crippen LogP contribution in [0.5, 0.6) is 0 Å². The van der Waals surface area contributed by atoms with Gasteiger partial charge in [-0.15, -0.1) is 0 Å². The highest BCUT2D eigenvalue weighted by Crippen LogP contribution is 2.13. The Morgan fingerprint density at radius 1 is 1.60 bits per heavy atom. The fourth-order valence-corrected chi connectivity index (χ4v) is 1.43. The van der Waals surface area contributed by atoms with E-state index in [0.29, 0.717) is 22.5 Å². The number of amides is 1. The van der Waals surface area contributed by atoms with Gasteiger partial charge in [0.1, 0.15) is 5.76 Å². The van der Waals surface area contributed by atoms with Crippen molar-refractivity contribution in [3.8, 4) is 0 Å². The first-order chi connectivity index (χ1) is 7.25. The predicted molar refractivity (Wildman–Crippen MR) is 56.2 cm³/mol. The Labute approximate surface area is 94.0 Å². The number of aromatic amines is 1. The molecule has 0 spiro atoms. The molecule has 2 rings (SSSR count). The van der Waals surface area contributed by atoms with Gasteiger partial charge in [0.25, 0.3) is 5.91 Å². The molecule has 6 heteroatoms. The Hall–Kier alpha value is -1.56.